The molecule has 154 valence electrons. The fraction of sp³-hybridized carbons (Fsp3) is 0.143. The maximum atomic E-state index is 12.1. The molecule has 0 aliphatic heterocycles. The summed E-state index contributed by atoms with van der Waals surface area (Å²) in [5, 5.41) is 5.21. The van der Waals surface area contributed by atoms with Crippen LogP contribution < -0.4 is 9.46 Å². The van der Waals surface area contributed by atoms with Crippen molar-refractivity contribution in [1.82, 2.24) is 19.3 Å². The molecule has 0 atom stereocenters. The Balaban J connectivity index is 1.58. The van der Waals surface area contributed by atoms with Crippen LogP contribution in [-0.4, -0.2) is 36.7 Å². The first-order valence-corrected chi connectivity index (χ1v) is 11.1. The number of imidazole rings is 1. The van der Waals surface area contributed by atoms with Crippen molar-refractivity contribution in [2.24, 2.45) is 0 Å². The molecule has 1 N–H and O–H groups in total. The molecule has 30 heavy (non-hydrogen) atoms. The normalized spacial score (nSPS) is 11.7. The van der Waals surface area contributed by atoms with Crippen molar-refractivity contribution in [3.05, 3.63) is 77.4 Å². The summed E-state index contributed by atoms with van der Waals surface area (Å²) in [7, 11) is -2.17. The van der Waals surface area contributed by atoms with Gasteiger partial charge >= 0.3 is 0 Å². The largest absolute Gasteiger partial charge is 0.476 e. The number of benzene rings is 2. The highest BCUT2D eigenvalue weighted by Gasteiger charge is 2.14. The third-order valence-electron chi connectivity index (χ3n) is 4.58. The van der Waals surface area contributed by atoms with Crippen LogP contribution in [0.25, 0.3) is 16.9 Å². The van der Waals surface area contributed by atoms with Crippen LogP contribution in [0.1, 0.15) is 5.56 Å². The van der Waals surface area contributed by atoms with Gasteiger partial charge in [-0.05, 0) is 42.9 Å². The predicted molar refractivity (Wildman–Crippen MR) is 115 cm³/mol. The zero-order valence-corrected chi connectivity index (χ0v) is 17.7. The first-order chi connectivity index (χ1) is 14.5. The van der Waals surface area contributed by atoms with Crippen LogP contribution in [0, 0.1) is 0 Å². The van der Waals surface area contributed by atoms with Crippen LogP contribution in [-0.2, 0) is 16.4 Å². The Morgan fingerprint density at radius 3 is 2.73 bits per heavy atom. The van der Waals surface area contributed by atoms with Crippen LogP contribution in [0.5, 0.6) is 5.88 Å². The van der Waals surface area contributed by atoms with E-state index in [1.165, 1.54) is 13.1 Å². The van der Waals surface area contributed by atoms with Crippen molar-refractivity contribution < 1.29 is 13.2 Å². The summed E-state index contributed by atoms with van der Waals surface area (Å²) in [5.74, 6) is 0.447. The quantitative estimate of drug-likeness (QED) is 0.472. The highest BCUT2D eigenvalue weighted by atomic mass is 35.5. The van der Waals surface area contributed by atoms with Crippen LogP contribution in [0.15, 0.2) is 71.8 Å². The molecule has 2 aromatic heterocycles. The van der Waals surface area contributed by atoms with Gasteiger partial charge in [0.2, 0.25) is 15.9 Å². The molecule has 9 heteroatoms. The smallest absolute Gasteiger partial charge is 0.240 e. The molecule has 2 heterocycles. The molecule has 0 fully saturated rings. The Morgan fingerprint density at radius 1 is 1.10 bits per heavy atom. The summed E-state index contributed by atoms with van der Waals surface area (Å²) < 4.78 is 34.0. The van der Waals surface area contributed by atoms with Crippen molar-refractivity contribution in [2.75, 3.05) is 13.7 Å². The van der Waals surface area contributed by atoms with Gasteiger partial charge < -0.3 is 4.74 Å². The van der Waals surface area contributed by atoms with Gasteiger partial charge in [0, 0.05) is 23.1 Å². The lowest BCUT2D eigenvalue weighted by molar-refractivity contribution is 0.305. The molecule has 0 aliphatic carbocycles. The van der Waals surface area contributed by atoms with Gasteiger partial charge in [-0.3, -0.25) is 0 Å². The summed E-state index contributed by atoms with van der Waals surface area (Å²) in [6.07, 6.45) is 2.35. The number of halogens is 1. The lowest BCUT2D eigenvalue weighted by Crippen LogP contribution is -2.18. The van der Waals surface area contributed by atoms with E-state index < -0.39 is 10.0 Å². The van der Waals surface area contributed by atoms with Gasteiger partial charge in [-0.2, -0.15) is 0 Å². The number of ether oxygens (including phenoxy) is 1. The Kier molecular flexibility index (Phi) is 5.72. The van der Waals surface area contributed by atoms with Gasteiger partial charge in [0.1, 0.15) is 0 Å². The summed E-state index contributed by atoms with van der Waals surface area (Å²) in [6.45, 7) is 0.443. The third-order valence-corrected chi connectivity index (χ3v) is 6.22. The maximum Gasteiger partial charge on any atom is 0.240 e. The number of sulfonamides is 1. The maximum absolute atomic E-state index is 12.1. The monoisotopic (exact) mass is 442 g/mol. The fourth-order valence-corrected chi connectivity index (χ4v) is 4.03. The Morgan fingerprint density at radius 2 is 1.93 bits per heavy atom. The lowest BCUT2D eigenvalue weighted by atomic mass is 10.2. The standard InChI is InChI=1S/C21H19ClN4O3S/c1-23-30(27,28)18-7-3-5-16(13-18)19-14-24-20-8-9-21(25-26(19)20)29-11-10-15-4-2-6-17(22)12-15/h2-9,12-14,23H,10-11H2,1H3. The second-order valence-corrected chi connectivity index (χ2v) is 8.87. The first-order valence-electron chi connectivity index (χ1n) is 9.22. The van der Waals surface area contributed by atoms with E-state index in [0.29, 0.717) is 40.8 Å². The minimum Gasteiger partial charge on any atom is -0.476 e. The minimum absolute atomic E-state index is 0.173. The van der Waals surface area contributed by atoms with Crippen molar-refractivity contribution in [1.29, 1.82) is 0 Å². The van der Waals surface area contributed by atoms with E-state index in [1.807, 2.05) is 30.3 Å². The molecule has 0 amide bonds. The molecule has 2 aromatic carbocycles. The summed E-state index contributed by atoms with van der Waals surface area (Å²) >= 11 is 6.01. The highest BCUT2D eigenvalue weighted by molar-refractivity contribution is 7.89. The molecule has 0 saturated carbocycles. The molecule has 4 aromatic rings. The number of nitrogens with one attached hydrogen (secondary N) is 1. The van der Waals surface area contributed by atoms with Gasteiger partial charge in [-0.25, -0.2) is 22.6 Å². The zero-order chi connectivity index (χ0) is 21.1. The van der Waals surface area contributed by atoms with E-state index in [0.717, 1.165) is 5.56 Å². The third kappa shape index (κ3) is 4.30. The SMILES string of the molecule is CNS(=O)(=O)c1cccc(-c2cnc3ccc(OCCc4cccc(Cl)c4)nn23)c1. The summed E-state index contributed by atoms with van der Waals surface area (Å²) in [4.78, 5) is 4.52. The zero-order valence-electron chi connectivity index (χ0n) is 16.1. The van der Waals surface area contributed by atoms with Crippen LogP contribution >= 0.6 is 11.6 Å². The van der Waals surface area contributed by atoms with Crippen molar-refractivity contribution >= 4 is 27.3 Å². The molecule has 0 spiro atoms. The molecular weight excluding hydrogens is 424 g/mol. The summed E-state index contributed by atoms with van der Waals surface area (Å²) in [5.41, 5.74) is 3.06. The number of aromatic nitrogens is 3. The molecule has 0 radical (unpaired) electrons. The second kappa shape index (κ2) is 8.43. The van der Waals surface area contributed by atoms with E-state index in [1.54, 1.807) is 35.0 Å². The molecule has 0 unspecified atom stereocenters. The Hall–Kier alpha value is -2.94. The molecule has 0 aliphatic rings. The summed E-state index contributed by atoms with van der Waals surface area (Å²) in [6, 6.07) is 17.8. The van der Waals surface area contributed by atoms with Gasteiger partial charge in [-0.1, -0.05) is 35.9 Å². The van der Waals surface area contributed by atoms with Crippen LogP contribution in [0.2, 0.25) is 5.02 Å². The fourth-order valence-electron chi connectivity index (χ4n) is 3.04. The topological polar surface area (TPSA) is 85.6 Å². The van der Waals surface area contributed by atoms with E-state index >= 15 is 0 Å². The van der Waals surface area contributed by atoms with E-state index in [-0.39, 0.29) is 4.90 Å². The average molecular weight is 443 g/mol. The Labute approximate surface area is 179 Å². The average Bonchev–Trinajstić information content (AvgIpc) is 3.17. The van der Waals surface area contributed by atoms with Crippen molar-refractivity contribution in [2.45, 2.75) is 11.3 Å². The number of nitrogens with zero attached hydrogens (tertiary/aromatic N) is 3. The second-order valence-electron chi connectivity index (χ2n) is 6.55. The van der Waals surface area contributed by atoms with Crippen LogP contribution in [0.4, 0.5) is 0 Å². The number of fused-ring (bicyclic) bond motifs is 1. The predicted octanol–water partition coefficient (Wildman–Crippen LogP) is 3.58. The molecular formula is C21H19ClN4O3S. The lowest BCUT2D eigenvalue weighted by Gasteiger charge is -2.08. The van der Waals surface area contributed by atoms with Crippen molar-refractivity contribution in [3.63, 3.8) is 0 Å². The molecule has 4 rings (SSSR count). The number of hydrogen-bond acceptors (Lipinski definition) is 5. The molecule has 0 saturated heterocycles. The molecule has 0 bridgehead atoms. The number of rotatable bonds is 7. The van der Waals surface area contributed by atoms with Gasteiger partial charge in [0.25, 0.3) is 0 Å². The van der Waals surface area contributed by atoms with E-state index in [2.05, 4.69) is 14.8 Å². The van der Waals surface area contributed by atoms with Crippen molar-refractivity contribution in [3.8, 4) is 17.1 Å². The first kappa shape index (κ1) is 20.3. The number of hydrogen-bond donors (Lipinski definition) is 1. The minimum atomic E-state index is -3.55. The van der Waals surface area contributed by atoms with Gasteiger partial charge in [-0.15, -0.1) is 5.10 Å². The van der Waals surface area contributed by atoms with Gasteiger partial charge in [0.05, 0.1) is 23.4 Å². The highest BCUT2D eigenvalue weighted by Crippen LogP contribution is 2.24. The van der Waals surface area contributed by atoms with Gasteiger partial charge in [0.15, 0.2) is 5.65 Å². The van der Waals surface area contributed by atoms with Crippen LogP contribution in [0.3, 0.4) is 0 Å². The Bertz CT molecular complexity index is 1300. The molecule has 7 nitrogen and oxygen atoms in total. The van der Waals surface area contributed by atoms with E-state index in [9.17, 15) is 8.42 Å². The van der Waals surface area contributed by atoms with E-state index in [4.69, 9.17) is 16.3 Å².